The molecule has 0 spiro atoms. The largest absolute Gasteiger partial charge is 0.494 e. The van der Waals surface area contributed by atoms with E-state index in [9.17, 15) is 4.79 Å². The topological polar surface area (TPSA) is 51.7 Å². The van der Waals surface area contributed by atoms with Gasteiger partial charge in [0.25, 0.3) is 5.91 Å². The number of anilines is 1. The third-order valence-corrected chi connectivity index (χ3v) is 6.09. The van der Waals surface area contributed by atoms with Crippen LogP contribution in [0.15, 0.2) is 77.3 Å². The highest BCUT2D eigenvalue weighted by Gasteiger charge is 2.21. The molecule has 1 amide bonds. The maximum absolute atomic E-state index is 13.2. The monoisotopic (exact) mass is 496 g/mol. The fourth-order valence-electron chi connectivity index (χ4n) is 3.05. The van der Waals surface area contributed by atoms with Gasteiger partial charge >= 0.3 is 0 Å². The molecule has 4 rings (SSSR count). The van der Waals surface area contributed by atoms with E-state index in [0.29, 0.717) is 24.0 Å². The molecule has 0 atom stereocenters. The maximum atomic E-state index is 13.2. The molecule has 7 heteroatoms. The Labute approximate surface area is 193 Å². The third kappa shape index (κ3) is 5.42. The molecule has 4 aromatic rings. The van der Waals surface area contributed by atoms with Gasteiger partial charge in [0, 0.05) is 4.47 Å². The van der Waals surface area contributed by atoms with Crippen LogP contribution in [0, 0.1) is 0 Å². The van der Waals surface area contributed by atoms with Crippen molar-refractivity contribution in [3.05, 3.63) is 82.8 Å². The van der Waals surface area contributed by atoms with Crippen molar-refractivity contribution in [2.45, 2.75) is 13.5 Å². The summed E-state index contributed by atoms with van der Waals surface area (Å²) in [6.07, 6.45) is 0. The summed E-state index contributed by atoms with van der Waals surface area (Å²) in [6, 6.07) is 23.0. The van der Waals surface area contributed by atoms with Gasteiger partial charge in [0.1, 0.15) is 11.5 Å². The van der Waals surface area contributed by atoms with E-state index in [0.717, 1.165) is 26.0 Å². The van der Waals surface area contributed by atoms with Crippen LogP contribution in [0.5, 0.6) is 11.5 Å². The fraction of sp³-hybridized carbons (Fsp3) is 0.167. The van der Waals surface area contributed by atoms with Crippen molar-refractivity contribution in [2.75, 3.05) is 18.1 Å². The zero-order chi connectivity index (χ0) is 21.6. The molecule has 0 bridgehead atoms. The van der Waals surface area contributed by atoms with Crippen LogP contribution in [0.2, 0.25) is 0 Å². The van der Waals surface area contributed by atoms with Crippen molar-refractivity contribution in [3.63, 3.8) is 0 Å². The van der Waals surface area contributed by atoms with E-state index in [1.165, 1.54) is 11.3 Å². The number of hydrogen-bond donors (Lipinski definition) is 0. The van der Waals surface area contributed by atoms with Gasteiger partial charge in [0.05, 0.1) is 23.4 Å². The number of carbonyl (C=O) groups excluding carboxylic acids is 1. The highest BCUT2D eigenvalue weighted by molar-refractivity contribution is 9.10. The van der Waals surface area contributed by atoms with Gasteiger partial charge in [-0.1, -0.05) is 57.6 Å². The van der Waals surface area contributed by atoms with E-state index in [4.69, 9.17) is 9.47 Å². The van der Waals surface area contributed by atoms with Gasteiger partial charge in [-0.25, -0.2) is 4.98 Å². The molecule has 0 radical (unpaired) electrons. The van der Waals surface area contributed by atoms with Gasteiger partial charge in [-0.2, -0.15) is 0 Å². The molecular formula is C24H21BrN2O3S. The molecule has 0 aliphatic heterocycles. The number of benzene rings is 3. The SMILES string of the molecule is CCOc1ccc(OCC(=O)N(Cc2ccccc2)c2nc3ccc(Br)cc3s2)cc1. The molecule has 0 aliphatic rings. The Balaban J connectivity index is 1.54. The predicted molar refractivity (Wildman–Crippen MR) is 128 cm³/mol. The Hall–Kier alpha value is -2.90. The molecular weight excluding hydrogens is 476 g/mol. The lowest BCUT2D eigenvalue weighted by Crippen LogP contribution is -2.34. The van der Waals surface area contributed by atoms with Gasteiger partial charge < -0.3 is 9.47 Å². The summed E-state index contributed by atoms with van der Waals surface area (Å²) >= 11 is 4.98. The zero-order valence-corrected chi connectivity index (χ0v) is 19.4. The number of carbonyl (C=O) groups is 1. The standard InChI is InChI=1S/C24H21BrN2O3S/c1-2-29-19-9-11-20(12-10-19)30-16-23(28)27(15-17-6-4-3-5-7-17)24-26-21-13-8-18(25)14-22(21)31-24/h3-14H,2,15-16H2,1H3. The molecule has 0 saturated carbocycles. The number of aromatic nitrogens is 1. The number of halogens is 1. The highest BCUT2D eigenvalue weighted by Crippen LogP contribution is 2.32. The number of rotatable bonds is 8. The number of ether oxygens (including phenoxy) is 2. The van der Waals surface area contributed by atoms with Crippen molar-refractivity contribution >= 4 is 48.5 Å². The molecule has 158 valence electrons. The van der Waals surface area contributed by atoms with E-state index in [1.54, 1.807) is 17.0 Å². The van der Waals surface area contributed by atoms with Crippen molar-refractivity contribution in [3.8, 4) is 11.5 Å². The van der Waals surface area contributed by atoms with Gasteiger partial charge in [0.2, 0.25) is 0 Å². The molecule has 31 heavy (non-hydrogen) atoms. The van der Waals surface area contributed by atoms with Crippen LogP contribution >= 0.6 is 27.3 Å². The first-order chi connectivity index (χ1) is 15.1. The van der Waals surface area contributed by atoms with Crippen LogP contribution in [0.25, 0.3) is 10.2 Å². The molecule has 1 heterocycles. The van der Waals surface area contributed by atoms with E-state index in [1.807, 2.05) is 67.6 Å². The van der Waals surface area contributed by atoms with Crippen molar-refractivity contribution in [1.29, 1.82) is 0 Å². The Morgan fingerprint density at radius 1 is 1.00 bits per heavy atom. The zero-order valence-electron chi connectivity index (χ0n) is 17.0. The molecule has 0 fully saturated rings. The Bertz CT molecular complexity index is 1160. The molecule has 5 nitrogen and oxygen atoms in total. The second-order valence-electron chi connectivity index (χ2n) is 6.77. The molecule has 0 unspecified atom stereocenters. The molecule has 3 aromatic carbocycles. The van der Waals surface area contributed by atoms with Crippen molar-refractivity contribution < 1.29 is 14.3 Å². The maximum Gasteiger partial charge on any atom is 0.267 e. The van der Waals surface area contributed by atoms with Crippen LogP contribution in [-0.4, -0.2) is 24.1 Å². The summed E-state index contributed by atoms with van der Waals surface area (Å²) in [5, 5.41) is 0.650. The summed E-state index contributed by atoms with van der Waals surface area (Å²) in [7, 11) is 0. The van der Waals surface area contributed by atoms with Crippen molar-refractivity contribution in [2.24, 2.45) is 0 Å². The summed E-state index contributed by atoms with van der Waals surface area (Å²) in [5.74, 6) is 1.23. The Morgan fingerprint density at radius 3 is 2.42 bits per heavy atom. The van der Waals surface area contributed by atoms with E-state index in [-0.39, 0.29) is 12.5 Å². The number of thiazole rings is 1. The van der Waals surface area contributed by atoms with Crippen LogP contribution in [0.3, 0.4) is 0 Å². The lowest BCUT2D eigenvalue weighted by atomic mass is 10.2. The smallest absolute Gasteiger partial charge is 0.267 e. The van der Waals surface area contributed by atoms with Gasteiger partial charge in [-0.15, -0.1) is 0 Å². The lowest BCUT2D eigenvalue weighted by Gasteiger charge is -2.20. The second kappa shape index (κ2) is 9.94. The van der Waals surface area contributed by atoms with E-state index < -0.39 is 0 Å². The minimum Gasteiger partial charge on any atom is -0.494 e. The van der Waals surface area contributed by atoms with Crippen LogP contribution in [-0.2, 0) is 11.3 Å². The predicted octanol–water partition coefficient (Wildman–Crippen LogP) is 6.07. The second-order valence-corrected chi connectivity index (χ2v) is 8.69. The first-order valence-electron chi connectivity index (χ1n) is 9.88. The Kier molecular flexibility index (Phi) is 6.84. The highest BCUT2D eigenvalue weighted by atomic mass is 79.9. The average molecular weight is 497 g/mol. The summed E-state index contributed by atoms with van der Waals surface area (Å²) in [6.45, 7) is 2.88. The third-order valence-electron chi connectivity index (χ3n) is 4.55. The molecule has 0 aliphatic carbocycles. The molecule has 0 N–H and O–H groups in total. The van der Waals surface area contributed by atoms with Crippen LogP contribution in [0.4, 0.5) is 5.13 Å². The number of fused-ring (bicyclic) bond motifs is 1. The minimum atomic E-state index is -0.157. The fourth-order valence-corrected chi connectivity index (χ4v) is 4.59. The normalized spacial score (nSPS) is 10.8. The minimum absolute atomic E-state index is 0.0829. The first kappa shape index (κ1) is 21.3. The number of nitrogens with zero attached hydrogens (tertiary/aromatic N) is 2. The van der Waals surface area contributed by atoms with Crippen LogP contribution < -0.4 is 14.4 Å². The number of amides is 1. The number of hydrogen-bond acceptors (Lipinski definition) is 5. The summed E-state index contributed by atoms with van der Waals surface area (Å²) in [4.78, 5) is 19.5. The van der Waals surface area contributed by atoms with Gasteiger partial charge in [-0.05, 0) is 55.0 Å². The molecule has 1 aromatic heterocycles. The van der Waals surface area contributed by atoms with Gasteiger partial charge in [-0.3, -0.25) is 9.69 Å². The van der Waals surface area contributed by atoms with Crippen molar-refractivity contribution in [1.82, 2.24) is 4.98 Å². The van der Waals surface area contributed by atoms with Crippen LogP contribution in [0.1, 0.15) is 12.5 Å². The van der Waals surface area contributed by atoms with Gasteiger partial charge in [0.15, 0.2) is 11.7 Å². The first-order valence-corrected chi connectivity index (χ1v) is 11.5. The Morgan fingerprint density at radius 2 is 1.71 bits per heavy atom. The summed E-state index contributed by atoms with van der Waals surface area (Å²) < 4.78 is 13.2. The lowest BCUT2D eigenvalue weighted by molar-refractivity contribution is -0.120. The molecule has 0 saturated heterocycles. The average Bonchev–Trinajstić information content (AvgIpc) is 3.20. The van der Waals surface area contributed by atoms with E-state index >= 15 is 0 Å². The quantitative estimate of drug-likeness (QED) is 0.297. The summed E-state index contributed by atoms with van der Waals surface area (Å²) in [5.41, 5.74) is 1.89. The van der Waals surface area contributed by atoms with E-state index in [2.05, 4.69) is 20.9 Å².